The summed E-state index contributed by atoms with van der Waals surface area (Å²) in [7, 11) is 0. The highest BCUT2D eigenvalue weighted by Crippen LogP contribution is 2.26. The standard InChI is InChI=1S/C14H18FNO2/c1-14(2,3)18-13(17)9-4-5-10-7-16-8-12(15)11(10)6-9/h4-6,12,16H,7-8H2,1-3H3. The van der Waals surface area contributed by atoms with E-state index in [0.29, 0.717) is 24.2 Å². The van der Waals surface area contributed by atoms with Crippen molar-refractivity contribution in [3.63, 3.8) is 0 Å². The summed E-state index contributed by atoms with van der Waals surface area (Å²) in [6.07, 6.45) is -1.06. The van der Waals surface area contributed by atoms with E-state index in [4.69, 9.17) is 4.74 Å². The molecule has 18 heavy (non-hydrogen) atoms. The average molecular weight is 251 g/mol. The van der Waals surface area contributed by atoms with Crippen LogP contribution in [0.15, 0.2) is 18.2 Å². The second-order valence-corrected chi connectivity index (χ2v) is 5.51. The number of nitrogens with one attached hydrogen (secondary N) is 1. The predicted octanol–water partition coefficient (Wildman–Crippen LogP) is 2.76. The van der Waals surface area contributed by atoms with Gasteiger partial charge in [-0.15, -0.1) is 0 Å². The second-order valence-electron chi connectivity index (χ2n) is 5.51. The Morgan fingerprint density at radius 2 is 2.17 bits per heavy atom. The molecule has 1 N–H and O–H groups in total. The molecule has 98 valence electrons. The van der Waals surface area contributed by atoms with Crippen LogP contribution in [0.2, 0.25) is 0 Å². The smallest absolute Gasteiger partial charge is 0.338 e. The van der Waals surface area contributed by atoms with Crippen molar-refractivity contribution < 1.29 is 13.9 Å². The molecule has 0 saturated heterocycles. The fourth-order valence-electron chi connectivity index (χ4n) is 1.96. The van der Waals surface area contributed by atoms with Crippen molar-refractivity contribution in [3.05, 3.63) is 34.9 Å². The summed E-state index contributed by atoms with van der Waals surface area (Å²) < 4.78 is 19.0. The first-order valence-corrected chi connectivity index (χ1v) is 6.08. The van der Waals surface area contributed by atoms with Crippen molar-refractivity contribution in [3.8, 4) is 0 Å². The molecule has 1 aliphatic heterocycles. The van der Waals surface area contributed by atoms with Crippen LogP contribution in [-0.2, 0) is 11.3 Å². The van der Waals surface area contributed by atoms with Gasteiger partial charge in [-0.2, -0.15) is 0 Å². The Kier molecular flexibility index (Phi) is 3.39. The van der Waals surface area contributed by atoms with Crippen molar-refractivity contribution in [1.29, 1.82) is 0 Å². The van der Waals surface area contributed by atoms with Crippen LogP contribution in [0.3, 0.4) is 0 Å². The Morgan fingerprint density at radius 1 is 1.44 bits per heavy atom. The zero-order chi connectivity index (χ0) is 13.3. The number of hydrogen-bond donors (Lipinski definition) is 1. The van der Waals surface area contributed by atoms with Gasteiger partial charge in [0, 0.05) is 13.1 Å². The molecule has 1 aromatic carbocycles. The molecule has 0 aromatic heterocycles. The quantitative estimate of drug-likeness (QED) is 0.780. The Hall–Kier alpha value is -1.42. The number of halogens is 1. The van der Waals surface area contributed by atoms with Crippen LogP contribution in [0, 0.1) is 0 Å². The monoisotopic (exact) mass is 251 g/mol. The van der Waals surface area contributed by atoms with Gasteiger partial charge in [-0.3, -0.25) is 0 Å². The highest BCUT2D eigenvalue weighted by molar-refractivity contribution is 5.90. The van der Waals surface area contributed by atoms with Gasteiger partial charge in [0.15, 0.2) is 0 Å². The number of alkyl halides is 1. The average Bonchev–Trinajstić information content (AvgIpc) is 2.27. The molecule has 0 radical (unpaired) electrons. The summed E-state index contributed by atoms with van der Waals surface area (Å²) in [5.74, 6) is -0.406. The Labute approximate surface area is 106 Å². The van der Waals surface area contributed by atoms with E-state index in [1.807, 2.05) is 20.8 Å². The number of ether oxygens (including phenoxy) is 1. The predicted molar refractivity (Wildman–Crippen MR) is 67.2 cm³/mol. The van der Waals surface area contributed by atoms with Crippen molar-refractivity contribution in [2.45, 2.75) is 39.1 Å². The first kappa shape index (κ1) is 13.0. The molecule has 4 heteroatoms. The zero-order valence-corrected chi connectivity index (χ0v) is 10.9. The maximum absolute atomic E-state index is 13.7. The minimum Gasteiger partial charge on any atom is -0.456 e. The minimum absolute atomic E-state index is 0.296. The largest absolute Gasteiger partial charge is 0.456 e. The van der Waals surface area contributed by atoms with E-state index in [2.05, 4.69) is 5.32 Å². The molecule has 3 nitrogen and oxygen atoms in total. The van der Waals surface area contributed by atoms with Gasteiger partial charge in [0.25, 0.3) is 0 Å². The van der Waals surface area contributed by atoms with Crippen LogP contribution < -0.4 is 5.32 Å². The van der Waals surface area contributed by atoms with E-state index < -0.39 is 17.7 Å². The zero-order valence-electron chi connectivity index (χ0n) is 10.9. The number of carbonyl (C=O) groups excluding carboxylic acids is 1. The van der Waals surface area contributed by atoms with E-state index >= 15 is 0 Å². The number of carbonyl (C=O) groups is 1. The molecule has 0 bridgehead atoms. The van der Waals surface area contributed by atoms with Crippen LogP contribution in [0.1, 0.15) is 48.4 Å². The molecule has 1 aromatic rings. The maximum Gasteiger partial charge on any atom is 0.338 e. The first-order valence-electron chi connectivity index (χ1n) is 6.08. The van der Waals surface area contributed by atoms with E-state index in [1.165, 1.54) is 0 Å². The van der Waals surface area contributed by atoms with Crippen molar-refractivity contribution in [2.24, 2.45) is 0 Å². The third-order valence-corrected chi connectivity index (χ3v) is 2.76. The van der Waals surface area contributed by atoms with E-state index in [-0.39, 0.29) is 0 Å². The molecule has 0 spiro atoms. The van der Waals surface area contributed by atoms with Gasteiger partial charge in [0.1, 0.15) is 11.8 Å². The van der Waals surface area contributed by atoms with Crippen LogP contribution in [0.25, 0.3) is 0 Å². The van der Waals surface area contributed by atoms with Crippen molar-refractivity contribution in [2.75, 3.05) is 6.54 Å². The van der Waals surface area contributed by atoms with Gasteiger partial charge in [0.05, 0.1) is 5.56 Å². The molecule has 0 aliphatic carbocycles. The minimum atomic E-state index is -1.06. The Bertz CT molecular complexity index is 465. The second kappa shape index (κ2) is 4.69. The number of fused-ring (bicyclic) bond motifs is 1. The molecular formula is C14H18FNO2. The lowest BCUT2D eigenvalue weighted by atomic mass is 9.97. The Balaban J connectivity index is 2.25. The van der Waals surface area contributed by atoms with Gasteiger partial charge in [-0.25, -0.2) is 9.18 Å². The van der Waals surface area contributed by atoms with Crippen LogP contribution in [0.5, 0.6) is 0 Å². The van der Waals surface area contributed by atoms with Crippen molar-refractivity contribution >= 4 is 5.97 Å². The molecule has 0 fully saturated rings. The Morgan fingerprint density at radius 3 is 2.83 bits per heavy atom. The van der Waals surface area contributed by atoms with Crippen LogP contribution in [0.4, 0.5) is 4.39 Å². The fraction of sp³-hybridized carbons (Fsp3) is 0.500. The molecule has 1 heterocycles. The maximum atomic E-state index is 13.7. The number of rotatable bonds is 1. The fourth-order valence-corrected chi connectivity index (χ4v) is 1.96. The number of esters is 1. The lowest BCUT2D eigenvalue weighted by Crippen LogP contribution is -2.27. The van der Waals surface area contributed by atoms with E-state index in [9.17, 15) is 9.18 Å². The highest BCUT2D eigenvalue weighted by atomic mass is 19.1. The third kappa shape index (κ3) is 2.88. The summed E-state index contributed by atoms with van der Waals surface area (Å²) in [6.45, 7) is 6.37. The summed E-state index contributed by atoms with van der Waals surface area (Å²) >= 11 is 0. The molecule has 0 saturated carbocycles. The lowest BCUT2D eigenvalue weighted by molar-refractivity contribution is 0.00693. The molecular weight excluding hydrogens is 233 g/mol. The summed E-state index contributed by atoms with van der Waals surface area (Å²) in [6, 6.07) is 5.08. The summed E-state index contributed by atoms with van der Waals surface area (Å²) in [5.41, 5.74) is 1.37. The number of hydrogen-bond acceptors (Lipinski definition) is 3. The van der Waals surface area contributed by atoms with Gasteiger partial charge >= 0.3 is 5.97 Å². The molecule has 1 atom stereocenters. The van der Waals surface area contributed by atoms with E-state index in [0.717, 1.165) is 5.56 Å². The SMILES string of the molecule is CC(C)(C)OC(=O)c1ccc2c(c1)C(F)CNC2. The summed E-state index contributed by atoms with van der Waals surface area (Å²) in [4.78, 5) is 11.9. The van der Waals surface area contributed by atoms with Crippen molar-refractivity contribution in [1.82, 2.24) is 5.32 Å². The van der Waals surface area contributed by atoms with Gasteiger partial charge < -0.3 is 10.1 Å². The summed E-state index contributed by atoms with van der Waals surface area (Å²) in [5, 5.41) is 2.99. The molecule has 1 aliphatic rings. The third-order valence-electron chi connectivity index (χ3n) is 2.76. The number of benzene rings is 1. The topological polar surface area (TPSA) is 38.3 Å². The normalized spacial score (nSPS) is 19.2. The first-order chi connectivity index (χ1) is 8.37. The molecule has 2 rings (SSSR count). The van der Waals surface area contributed by atoms with Gasteiger partial charge in [-0.1, -0.05) is 6.07 Å². The highest BCUT2D eigenvalue weighted by Gasteiger charge is 2.23. The van der Waals surface area contributed by atoms with Crippen LogP contribution >= 0.6 is 0 Å². The van der Waals surface area contributed by atoms with Gasteiger partial charge in [0.2, 0.25) is 0 Å². The molecule has 1 unspecified atom stereocenters. The van der Waals surface area contributed by atoms with Crippen LogP contribution in [-0.4, -0.2) is 18.1 Å². The lowest BCUT2D eigenvalue weighted by Gasteiger charge is -2.23. The molecule has 0 amide bonds. The van der Waals surface area contributed by atoms with Gasteiger partial charge in [-0.05, 0) is 44.0 Å². The van der Waals surface area contributed by atoms with E-state index in [1.54, 1.807) is 18.2 Å².